The number of hydrogen-bond donors (Lipinski definition) is 0. The topological polar surface area (TPSA) is 0 Å². The van der Waals surface area contributed by atoms with Crippen molar-refractivity contribution in [3.63, 3.8) is 0 Å². The lowest BCUT2D eigenvalue weighted by Gasteiger charge is -2.04. The Labute approximate surface area is 57.6 Å². The second-order valence-electron chi connectivity index (χ2n) is 3.83. The summed E-state index contributed by atoms with van der Waals surface area (Å²) < 4.78 is 0. The third-order valence-electron chi connectivity index (χ3n) is 2.84. The van der Waals surface area contributed by atoms with Gasteiger partial charge >= 0.3 is 0 Å². The van der Waals surface area contributed by atoms with Crippen molar-refractivity contribution in [2.45, 2.75) is 44.9 Å². The Hall–Kier alpha value is 0. The van der Waals surface area contributed by atoms with Crippen LogP contribution in [0.3, 0.4) is 0 Å². The van der Waals surface area contributed by atoms with E-state index in [-0.39, 0.29) is 0 Å². The van der Waals surface area contributed by atoms with Crippen LogP contribution in [0.1, 0.15) is 44.9 Å². The second kappa shape index (κ2) is 2.32. The van der Waals surface area contributed by atoms with Crippen LogP contribution < -0.4 is 0 Å². The fraction of sp³-hybridized carbons (Fsp3) is 1.00. The molecule has 0 heterocycles. The zero-order valence-corrected chi connectivity index (χ0v) is 6.10. The Bertz CT molecular complexity index is 86.2. The van der Waals surface area contributed by atoms with Crippen LogP contribution in [-0.4, -0.2) is 0 Å². The van der Waals surface area contributed by atoms with Crippen LogP contribution >= 0.6 is 0 Å². The Morgan fingerprint density at radius 1 is 0.778 bits per heavy atom. The molecule has 0 radical (unpaired) electrons. The predicted molar refractivity (Wildman–Crippen MR) is 39.3 cm³/mol. The van der Waals surface area contributed by atoms with Crippen molar-refractivity contribution in [3.8, 4) is 0 Å². The van der Waals surface area contributed by atoms with Crippen molar-refractivity contribution >= 4 is 0 Å². The lowest BCUT2D eigenvalue weighted by molar-refractivity contribution is 0.471. The van der Waals surface area contributed by atoms with Gasteiger partial charge in [-0.3, -0.25) is 0 Å². The van der Waals surface area contributed by atoms with Crippen LogP contribution in [0.15, 0.2) is 0 Å². The Kier molecular flexibility index (Phi) is 1.48. The van der Waals surface area contributed by atoms with Crippen LogP contribution in [0.25, 0.3) is 0 Å². The number of hydrogen-bond acceptors (Lipinski definition) is 0. The quantitative estimate of drug-likeness (QED) is 0.531. The summed E-state index contributed by atoms with van der Waals surface area (Å²) in [5.74, 6) is 2.32. The van der Waals surface area contributed by atoms with Crippen LogP contribution in [0.5, 0.6) is 0 Å². The van der Waals surface area contributed by atoms with Crippen molar-refractivity contribution in [1.29, 1.82) is 0 Å². The largest absolute Gasteiger partial charge is 0.0530 e. The van der Waals surface area contributed by atoms with E-state index >= 15 is 0 Å². The highest BCUT2D eigenvalue weighted by Crippen LogP contribution is 2.40. The molecule has 0 aromatic heterocycles. The zero-order chi connectivity index (χ0) is 6.10. The standard InChI is InChI=1S/C9H16/c1-2-4-8(3-1)7-9-5-6-9/h8-9H,1-7H2. The van der Waals surface area contributed by atoms with Gasteiger partial charge in [-0.05, 0) is 18.3 Å². The van der Waals surface area contributed by atoms with Gasteiger partial charge in [0.2, 0.25) is 0 Å². The van der Waals surface area contributed by atoms with Crippen LogP contribution in [0, 0.1) is 11.8 Å². The van der Waals surface area contributed by atoms with E-state index in [1.54, 1.807) is 32.1 Å². The summed E-state index contributed by atoms with van der Waals surface area (Å²) >= 11 is 0. The molecule has 0 N–H and O–H groups in total. The maximum atomic E-state index is 1.58. The van der Waals surface area contributed by atoms with E-state index in [1.807, 2.05) is 0 Å². The minimum Gasteiger partial charge on any atom is -0.0530 e. The molecule has 0 amide bonds. The molecule has 0 atom stereocenters. The van der Waals surface area contributed by atoms with Crippen LogP contribution in [-0.2, 0) is 0 Å². The van der Waals surface area contributed by atoms with E-state index in [9.17, 15) is 0 Å². The summed E-state index contributed by atoms with van der Waals surface area (Å²) in [6.07, 6.45) is 10.8. The minimum absolute atomic E-state index is 1.15. The van der Waals surface area contributed by atoms with Gasteiger partial charge < -0.3 is 0 Å². The number of rotatable bonds is 2. The third-order valence-corrected chi connectivity index (χ3v) is 2.84. The summed E-state index contributed by atoms with van der Waals surface area (Å²) in [5, 5.41) is 0. The summed E-state index contributed by atoms with van der Waals surface area (Å²) in [6, 6.07) is 0. The predicted octanol–water partition coefficient (Wildman–Crippen LogP) is 2.98. The molecule has 0 aromatic rings. The van der Waals surface area contributed by atoms with Gasteiger partial charge in [0.15, 0.2) is 0 Å². The van der Waals surface area contributed by atoms with Gasteiger partial charge in [-0.25, -0.2) is 0 Å². The first-order chi connectivity index (χ1) is 4.45. The maximum absolute atomic E-state index is 1.58. The van der Waals surface area contributed by atoms with Gasteiger partial charge in [0, 0.05) is 0 Å². The highest BCUT2D eigenvalue weighted by Gasteiger charge is 2.26. The van der Waals surface area contributed by atoms with Crippen molar-refractivity contribution in [1.82, 2.24) is 0 Å². The molecule has 0 saturated heterocycles. The average Bonchev–Trinajstić information content (AvgIpc) is 2.46. The first-order valence-corrected chi connectivity index (χ1v) is 4.45. The van der Waals surface area contributed by atoms with E-state index in [1.165, 1.54) is 18.8 Å². The first-order valence-electron chi connectivity index (χ1n) is 4.45. The summed E-state index contributed by atoms with van der Waals surface area (Å²) in [4.78, 5) is 0. The van der Waals surface area contributed by atoms with E-state index in [4.69, 9.17) is 0 Å². The van der Waals surface area contributed by atoms with Crippen LogP contribution in [0.2, 0.25) is 0 Å². The van der Waals surface area contributed by atoms with Crippen molar-refractivity contribution in [2.24, 2.45) is 11.8 Å². The van der Waals surface area contributed by atoms with Gasteiger partial charge in [-0.1, -0.05) is 38.5 Å². The summed E-state index contributed by atoms with van der Waals surface area (Å²) in [7, 11) is 0. The molecular formula is C9H16. The van der Waals surface area contributed by atoms with Gasteiger partial charge in [-0.15, -0.1) is 0 Å². The molecule has 0 bridgehead atoms. The second-order valence-corrected chi connectivity index (χ2v) is 3.83. The lowest BCUT2D eigenvalue weighted by Crippen LogP contribution is -1.92. The normalized spacial score (nSPS) is 29.3. The lowest BCUT2D eigenvalue weighted by atomic mass is 10.0. The van der Waals surface area contributed by atoms with Gasteiger partial charge in [0.1, 0.15) is 0 Å². The maximum Gasteiger partial charge on any atom is -0.0411 e. The Morgan fingerprint density at radius 3 is 1.89 bits per heavy atom. The molecule has 2 aliphatic carbocycles. The van der Waals surface area contributed by atoms with Crippen molar-refractivity contribution < 1.29 is 0 Å². The highest BCUT2D eigenvalue weighted by atomic mass is 14.3. The third kappa shape index (κ3) is 1.47. The molecular weight excluding hydrogens is 108 g/mol. The smallest absolute Gasteiger partial charge is 0.0411 e. The molecule has 2 fully saturated rings. The molecule has 0 heteroatoms. The monoisotopic (exact) mass is 124 g/mol. The highest BCUT2D eigenvalue weighted by molar-refractivity contribution is 4.78. The SMILES string of the molecule is C1CCC(CC2CC2)C1. The fourth-order valence-electron chi connectivity index (χ4n) is 2.07. The van der Waals surface area contributed by atoms with Gasteiger partial charge in [0.25, 0.3) is 0 Å². The van der Waals surface area contributed by atoms with Crippen LogP contribution in [0.4, 0.5) is 0 Å². The molecule has 2 aliphatic rings. The van der Waals surface area contributed by atoms with E-state index in [0.717, 1.165) is 5.92 Å². The van der Waals surface area contributed by atoms with Gasteiger partial charge in [-0.2, -0.15) is 0 Å². The summed E-state index contributed by atoms with van der Waals surface area (Å²) in [5.41, 5.74) is 0. The van der Waals surface area contributed by atoms with Crippen molar-refractivity contribution in [2.75, 3.05) is 0 Å². The molecule has 2 saturated carbocycles. The Morgan fingerprint density at radius 2 is 1.33 bits per heavy atom. The molecule has 9 heavy (non-hydrogen) atoms. The molecule has 0 unspecified atom stereocenters. The summed E-state index contributed by atoms with van der Waals surface area (Å²) in [6.45, 7) is 0. The minimum atomic E-state index is 1.15. The molecule has 0 aromatic carbocycles. The Balaban J connectivity index is 1.70. The molecule has 2 rings (SSSR count). The van der Waals surface area contributed by atoms with Gasteiger partial charge in [0.05, 0.1) is 0 Å². The fourth-order valence-corrected chi connectivity index (χ4v) is 2.07. The zero-order valence-electron chi connectivity index (χ0n) is 6.10. The first kappa shape index (κ1) is 5.76. The molecule has 0 spiro atoms. The van der Waals surface area contributed by atoms with E-state index in [2.05, 4.69) is 0 Å². The molecule has 0 aliphatic heterocycles. The van der Waals surface area contributed by atoms with E-state index in [0.29, 0.717) is 0 Å². The molecule has 0 nitrogen and oxygen atoms in total. The van der Waals surface area contributed by atoms with E-state index < -0.39 is 0 Å². The van der Waals surface area contributed by atoms with Crippen molar-refractivity contribution in [3.05, 3.63) is 0 Å². The average molecular weight is 124 g/mol. The molecule has 52 valence electrons.